The smallest absolute Gasteiger partial charge is 0.253 e. The van der Waals surface area contributed by atoms with Crippen LogP contribution in [0.25, 0.3) is 0 Å². The maximum atomic E-state index is 12.8. The van der Waals surface area contributed by atoms with E-state index in [-0.39, 0.29) is 23.8 Å². The highest BCUT2D eigenvalue weighted by Crippen LogP contribution is 2.29. The van der Waals surface area contributed by atoms with Crippen LogP contribution in [0.1, 0.15) is 61.7 Å². The highest BCUT2D eigenvalue weighted by atomic mass is 16.2. The Bertz CT molecular complexity index is 632. The predicted molar refractivity (Wildman–Crippen MR) is 101 cm³/mol. The fourth-order valence-electron chi connectivity index (χ4n) is 3.61. The topological polar surface area (TPSA) is 61.4 Å². The molecule has 0 aliphatic heterocycles. The molecule has 0 heterocycles. The Hall–Kier alpha value is -2.04. The summed E-state index contributed by atoms with van der Waals surface area (Å²) in [6.07, 6.45) is 8.81. The summed E-state index contributed by atoms with van der Waals surface area (Å²) in [5, 5.41) is 6.15. The molecule has 0 spiro atoms. The van der Waals surface area contributed by atoms with Crippen LogP contribution in [0.4, 0.5) is 11.4 Å². The molecule has 0 aromatic heterocycles. The van der Waals surface area contributed by atoms with Gasteiger partial charge in [-0.1, -0.05) is 25.7 Å². The van der Waals surface area contributed by atoms with Crippen molar-refractivity contribution in [2.24, 2.45) is 5.92 Å². The minimum Gasteiger partial charge on any atom is -0.377 e. The van der Waals surface area contributed by atoms with Crippen LogP contribution in [0.2, 0.25) is 0 Å². The van der Waals surface area contributed by atoms with E-state index in [4.69, 9.17) is 0 Å². The molecule has 0 unspecified atom stereocenters. The van der Waals surface area contributed by atoms with Gasteiger partial charge in [0.2, 0.25) is 5.91 Å². The first kappa shape index (κ1) is 17.8. The Kier molecular flexibility index (Phi) is 5.61. The molecule has 1 aromatic rings. The number of benzene rings is 1. The number of hydrogen-bond donors (Lipinski definition) is 2. The number of carbonyl (C=O) groups is 2. The fourth-order valence-corrected chi connectivity index (χ4v) is 3.61. The molecule has 0 saturated heterocycles. The van der Waals surface area contributed by atoms with E-state index in [1.165, 1.54) is 19.3 Å². The normalized spacial score (nSPS) is 18.3. The number of amides is 2. The minimum absolute atomic E-state index is 0.0460. The van der Waals surface area contributed by atoms with E-state index < -0.39 is 0 Å². The van der Waals surface area contributed by atoms with Gasteiger partial charge in [-0.05, 0) is 43.9 Å². The summed E-state index contributed by atoms with van der Waals surface area (Å²) >= 11 is 0. The van der Waals surface area contributed by atoms with Crippen molar-refractivity contribution in [3.63, 3.8) is 0 Å². The number of nitrogens with zero attached hydrogens (tertiary/aromatic N) is 1. The van der Waals surface area contributed by atoms with Crippen molar-refractivity contribution in [3.8, 4) is 0 Å². The third-order valence-corrected chi connectivity index (χ3v) is 5.41. The Morgan fingerprint density at radius 2 is 1.72 bits per heavy atom. The van der Waals surface area contributed by atoms with Crippen molar-refractivity contribution in [1.82, 2.24) is 5.32 Å². The largest absolute Gasteiger partial charge is 0.377 e. The van der Waals surface area contributed by atoms with Gasteiger partial charge in [-0.3, -0.25) is 9.59 Å². The zero-order valence-electron chi connectivity index (χ0n) is 15.3. The minimum atomic E-state index is -0.0460. The number of anilines is 2. The van der Waals surface area contributed by atoms with E-state index >= 15 is 0 Å². The summed E-state index contributed by atoms with van der Waals surface area (Å²) in [7, 11) is 3.86. The van der Waals surface area contributed by atoms with Crippen LogP contribution >= 0.6 is 0 Å². The van der Waals surface area contributed by atoms with Gasteiger partial charge < -0.3 is 15.5 Å². The average Bonchev–Trinajstić information content (AvgIpc) is 2.53. The fraction of sp³-hybridized carbons (Fsp3) is 0.600. The first-order valence-electron chi connectivity index (χ1n) is 9.47. The van der Waals surface area contributed by atoms with Crippen LogP contribution in [0.15, 0.2) is 18.2 Å². The van der Waals surface area contributed by atoms with Gasteiger partial charge in [0.05, 0.1) is 5.56 Å². The van der Waals surface area contributed by atoms with Gasteiger partial charge in [-0.15, -0.1) is 0 Å². The third-order valence-electron chi connectivity index (χ3n) is 5.41. The maximum Gasteiger partial charge on any atom is 0.253 e. The first-order chi connectivity index (χ1) is 12.0. The zero-order chi connectivity index (χ0) is 17.8. The van der Waals surface area contributed by atoms with Gasteiger partial charge in [0, 0.05) is 37.4 Å². The van der Waals surface area contributed by atoms with Gasteiger partial charge in [0.1, 0.15) is 0 Å². The number of nitrogens with one attached hydrogen (secondary N) is 2. The van der Waals surface area contributed by atoms with Crippen LogP contribution in [0.3, 0.4) is 0 Å². The van der Waals surface area contributed by atoms with Crippen LogP contribution in [0.5, 0.6) is 0 Å². The van der Waals surface area contributed by atoms with Crippen molar-refractivity contribution in [3.05, 3.63) is 23.8 Å². The third kappa shape index (κ3) is 4.33. The molecule has 0 bridgehead atoms. The molecule has 1 aromatic carbocycles. The van der Waals surface area contributed by atoms with Crippen LogP contribution in [0, 0.1) is 5.92 Å². The van der Waals surface area contributed by atoms with Gasteiger partial charge in [-0.25, -0.2) is 0 Å². The van der Waals surface area contributed by atoms with E-state index in [0.717, 1.165) is 37.8 Å². The molecule has 3 rings (SSSR count). The molecular weight excluding hydrogens is 314 g/mol. The molecule has 136 valence electrons. The lowest BCUT2D eigenvalue weighted by atomic mass is 9.85. The summed E-state index contributed by atoms with van der Waals surface area (Å²) in [4.78, 5) is 27.0. The van der Waals surface area contributed by atoms with Gasteiger partial charge in [0.15, 0.2) is 0 Å². The maximum absolute atomic E-state index is 12.8. The molecule has 2 saturated carbocycles. The van der Waals surface area contributed by atoms with Gasteiger partial charge in [0.25, 0.3) is 5.91 Å². The lowest BCUT2D eigenvalue weighted by Crippen LogP contribution is -2.37. The SMILES string of the molecule is CN(C)c1ccc(NC(=O)C2CCC2)cc1C(=O)NC1CCCCC1. The number of rotatable bonds is 5. The molecule has 2 aliphatic carbocycles. The van der Waals surface area contributed by atoms with Crippen LogP contribution < -0.4 is 15.5 Å². The second kappa shape index (κ2) is 7.89. The molecule has 25 heavy (non-hydrogen) atoms. The molecule has 5 heteroatoms. The Labute approximate surface area is 150 Å². The summed E-state index contributed by atoms with van der Waals surface area (Å²) < 4.78 is 0. The molecule has 0 atom stereocenters. The summed E-state index contributed by atoms with van der Waals surface area (Å²) in [5.41, 5.74) is 2.20. The van der Waals surface area contributed by atoms with Crippen molar-refractivity contribution in [2.75, 3.05) is 24.3 Å². The molecule has 2 N–H and O–H groups in total. The standard InChI is InChI=1S/C20H29N3O2/c1-23(2)18-12-11-16(22-19(24)14-7-6-8-14)13-17(18)20(25)21-15-9-4-3-5-10-15/h11-15H,3-10H2,1-2H3,(H,21,25)(H,22,24). The Balaban J connectivity index is 1.75. The summed E-state index contributed by atoms with van der Waals surface area (Å²) in [5.74, 6) is 0.158. The molecular formula is C20H29N3O2. The second-order valence-corrected chi connectivity index (χ2v) is 7.55. The molecule has 2 fully saturated rings. The number of hydrogen-bond acceptors (Lipinski definition) is 3. The summed E-state index contributed by atoms with van der Waals surface area (Å²) in [6.45, 7) is 0. The van der Waals surface area contributed by atoms with Crippen molar-refractivity contribution in [1.29, 1.82) is 0 Å². The second-order valence-electron chi connectivity index (χ2n) is 7.55. The molecule has 2 aliphatic rings. The van der Waals surface area contributed by atoms with Crippen LogP contribution in [-0.4, -0.2) is 32.0 Å². The number of carbonyl (C=O) groups excluding carboxylic acids is 2. The van der Waals surface area contributed by atoms with Gasteiger partial charge >= 0.3 is 0 Å². The monoisotopic (exact) mass is 343 g/mol. The molecule has 0 radical (unpaired) electrons. The van der Waals surface area contributed by atoms with Crippen molar-refractivity contribution in [2.45, 2.75) is 57.4 Å². The van der Waals surface area contributed by atoms with E-state index in [9.17, 15) is 9.59 Å². The van der Waals surface area contributed by atoms with Crippen molar-refractivity contribution >= 4 is 23.2 Å². The zero-order valence-corrected chi connectivity index (χ0v) is 15.3. The summed E-state index contributed by atoms with van der Waals surface area (Å²) in [6, 6.07) is 5.86. The lowest BCUT2D eigenvalue weighted by Gasteiger charge is -2.26. The molecule has 2 amide bonds. The van der Waals surface area contributed by atoms with E-state index in [1.54, 1.807) is 0 Å². The Morgan fingerprint density at radius 1 is 1.00 bits per heavy atom. The predicted octanol–water partition coefficient (Wildman–Crippen LogP) is 3.55. The van der Waals surface area contributed by atoms with Crippen LogP contribution in [-0.2, 0) is 4.79 Å². The lowest BCUT2D eigenvalue weighted by molar-refractivity contribution is -0.122. The Morgan fingerprint density at radius 3 is 2.32 bits per heavy atom. The van der Waals surface area contributed by atoms with Gasteiger partial charge in [-0.2, -0.15) is 0 Å². The first-order valence-corrected chi connectivity index (χ1v) is 9.47. The van der Waals surface area contributed by atoms with E-state index in [2.05, 4.69) is 10.6 Å². The quantitative estimate of drug-likeness (QED) is 0.859. The van der Waals surface area contributed by atoms with Crippen molar-refractivity contribution < 1.29 is 9.59 Å². The van der Waals surface area contributed by atoms with E-state index in [1.807, 2.05) is 37.2 Å². The average molecular weight is 343 g/mol. The highest BCUT2D eigenvalue weighted by Gasteiger charge is 2.26. The van der Waals surface area contributed by atoms with E-state index in [0.29, 0.717) is 11.3 Å². The highest BCUT2D eigenvalue weighted by molar-refractivity contribution is 6.02. The molecule has 5 nitrogen and oxygen atoms in total.